The molecule has 0 fully saturated rings. The van der Waals surface area contributed by atoms with Crippen LogP contribution in [0.1, 0.15) is 42.5 Å². The van der Waals surface area contributed by atoms with Crippen LogP contribution in [0.25, 0.3) is 0 Å². The van der Waals surface area contributed by atoms with Crippen molar-refractivity contribution in [2.75, 3.05) is 0 Å². The van der Waals surface area contributed by atoms with E-state index >= 15 is 0 Å². The fourth-order valence-corrected chi connectivity index (χ4v) is 3.66. The molecule has 0 radical (unpaired) electrons. The van der Waals surface area contributed by atoms with Crippen molar-refractivity contribution in [2.24, 2.45) is 0 Å². The van der Waals surface area contributed by atoms with E-state index in [1.807, 2.05) is 29.8 Å². The number of benzene rings is 1. The first kappa shape index (κ1) is 16.7. The molecule has 0 saturated heterocycles. The first-order valence-corrected chi connectivity index (χ1v) is 8.74. The van der Waals surface area contributed by atoms with Crippen LogP contribution in [-0.2, 0) is 19.4 Å². The molecule has 2 rings (SSSR count). The Morgan fingerprint density at radius 3 is 2.62 bits per heavy atom. The summed E-state index contributed by atoms with van der Waals surface area (Å²) in [6.45, 7) is 6.99. The lowest BCUT2D eigenvalue weighted by molar-refractivity contribution is 0.174. The summed E-state index contributed by atoms with van der Waals surface area (Å²) in [6, 6.07) is 6.04. The molecule has 21 heavy (non-hydrogen) atoms. The van der Waals surface area contributed by atoms with E-state index in [2.05, 4.69) is 50.8 Å². The highest BCUT2D eigenvalue weighted by Crippen LogP contribution is 2.30. The summed E-state index contributed by atoms with van der Waals surface area (Å²) < 4.78 is 3.93. The highest BCUT2D eigenvalue weighted by molar-refractivity contribution is 9.10. The number of aliphatic hydroxyl groups excluding tert-OH is 1. The molecule has 1 heterocycles. The molecular formula is C16H20Br2N2O. The molecule has 1 unspecified atom stereocenters. The summed E-state index contributed by atoms with van der Waals surface area (Å²) in [7, 11) is 0. The van der Waals surface area contributed by atoms with Crippen molar-refractivity contribution in [1.82, 2.24) is 9.78 Å². The van der Waals surface area contributed by atoms with Gasteiger partial charge in [0.05, 0.1) is 22.0 Å². The topological polar surface area (TPSA) is 38.0 Å². The van der Waals surface area contributed by atoms with E-state index < -0.39 is 6.10 Å². The van der Waals surface area contributed by atoms with Crippen molar-refractivity contribution in [2.45, 2.75) is 46.3 Å². The van der Waals surface area contributed by atoms with Crippen LogP contribution < -0.4 is 0 Å². The minimum Gasteiger partial charge on any atom is -0.388 e. The van der Waals surface area contributed by atoms with Crippen molar-refractivity contribution in [1.29, 1.82) is 0 Å². The van der Waals surface area contributed by atoms with Gasteiger partial charge in [0.1, 0.15) is 0 Å². The minimum absolute atomic E-state index is 0.545. The molecular weight excluding hydrogens is 396 g/mol. The van der Waals surface area contributed by atoms with E-state index in [9.17, 15) is 5.11 Å². The lowest BCUT2D eigenvalue weighted by Gasteiger charge is -2.15. The second-order valence-corrected chi connectivity index (χ2v) is 6.77. The Morgan fingerprint density at radius 1 is 1.29 bits per heavy atom. The van der Waals surface area contributed by atoms with E-state index in [1.165, 1.54) is 0 Å². The highest BCUT2D eigenvalue weighted by atomic mass is 79.9. The summed E-state index contributed by atoms with van der Waals surface area (Å²) in [6.07, 6.45) is 0.871. The monoisotopic (exact) mass is 414 g/mol. The Balaban J connectivity index is 2.33. The fourth-order valence-electron chi connectivity index (χ4n) is 2.42. The van der Waals surface area contributed by atoms with E-state index in [0.29, 0.717) is 6.42 Å². The number of aromatic nitrogens is 2. The van der Waals surface area contributed by atoms with E-state index in [4.69, 9.17) is 0 Å². The molecule has 3 nitrogen and oxygen atoms in total. The third-order valence-electron chi connectivity index (χ3n) is 3.59. The van der Waals surface area contributed by atoms with Gasteiger partial charge in [-0.2, -0.15) is 5.10 Å². The predicted octanol–water partition coefficient (Wildman–Crippen LogP) is 4.57. The van der Waals surface area contributed by atoms with Crippen molar-refractivity contribution >= 4 is 31.9 Å². The lowest BCUT2D eigenvalue weighted by atomic mass is 10.0. The van der Waals surface area contributed by atoms with Gasteiger partial charge in [-0.3, -0.25) is 4.68 Å². The third kappa shape index (κ3) is 3.58. The number of nitrogens with zero attached hydrogens (tertiary/aromatic N) is 2. The Labute approximate surface area is 142 Å². The molecule has 1 atom stereocenters. The van der Waals surface area contributed by atoms with Crippen LogP contribution >= 0.6 is 31.9 Å². The van der Waals surface area contributed by atoms with Gasteiger partial charge in [0.2, 0.25) is 0 Å². The first-order valence-electron chi connectivity index (χ1n) is 7.16. The van der Waals surface area contributed by atoms with Crippen LogP contribution in [-0.4, -0.2) is 14.9 Å². The van der Waals surface area contributed by atoms with E-state index in [0.717, 1.165) is 44.4 Å². The molecule has 0 aliphatic rings. The van der Waals surface area contributed by atoms with Crippen LogP contribution in [0.5, 0.6) is 0 Å². The van der Waals surface area contributed by atoms with Gasteiger partial charge in [0, 0.05) is 17.4 Å². The number of hydrogen-bond donors (Lipinski definition) is 1. The van der Waals surface area contributed by atoms with Crippen LogP contribution in [0, 0.1) is 6.92 Å². The van der Waals surface area contributed by atoms with E-state index in [-0.39, 0.29) is 0 Å². The fraction of sp³-hybridized carbons (Fsp3) is 0.438. The molecule has 0 amide bonds. The maximum Gasteiger partial charge on any atom is 0.0856 e. The molecule has 1 aromatic carbocycles. The number of aryl methyl sites for hydroxylation is 3. The maximum atomic E-state index is 10.6. The van der Waals surface area contributed by atoms with Crippen LogP contribution in [0.3, 0.4) is 0 Å². The zero-order valence-electron chi connectivity index (χ0n) is 12.5. The molecule has 0 aliphatic carbocycles. The number of aliphatic hydroxyl groups is 1. The van der Waals surface area contributed by atoms with Crippen molar-refractivity contribution in [3.8, 4) is 0 Å². The lowest BCUT2D eigenvalue weighted by Crippen LogP contribution is -2.09. The molecule has 1 aromatic heterocycles. The zero-order chi connectivity index (χ0) is 15.6. The summed E-state index contributed by atoms with van der Waals surface area (Å²) in [5.41, 5.74) is 4.16. The maximum absolute atomic E-state index is 10.6. The minimum atomic E-state index is -0.553. The van der Waals surface area contributed by atoms with Gasteiger partial charge in [0.25, 0.3) is 0 Å². The van der Waals surface area contributed by atoms with Gasteiger partial charge in [0.15, 0.2) is 0 Å². The van der Waals surface area contributed by atoms with Gasteiger partial charge >= 0.3 is 0 Å². The van der Waals surface area contributed by atoms with Crippen LogP contribution in [0.4, 0.5) is 0 Å². The highest BCUT2D eigenvalue weighted by Gasteiger charge is 2.19. The van der Waals surface area contributed by atoms with Crippen molar-refractivity contribution in [3.63, 3.8) is 0 Å². The standard InChI is InChI=1S/C16H20Br2N2O/c1-4-13-16(18)14(20(5-2)19-13)9-15(21)11-8-10(3)6-7-12(11)17/h6-8,15,21H,4-5,9H2,1-3H3. The van der Waals surface area contributed by atoms with Crippen LogP contribution in [0.15, 0.2) is 27.1 Å². The predicted molar refractivity (Wildman–Crippen MR) is 92.5 cm³/mol. The summed E-state index contributed by atoms with van der Waals surface area (Å²) in [5, 5.41) is 15.2. The molecule has 0 bridgehead atoms. The van der Waals surface area contributed by atoms with Crippen molar-refractivity contribution < 1.29 is 5.11 Å². The van der Waals surface area contributed by atoms with Crippen molar-refractivity contribution in [3.05, 3.63) is 49.7 Å². The Morgan fingerprint density at radius 2 is 2.00 bits per heavy atom. The Bertz CT molecular complexity index is 637. The first-order chi connectivity index (χ1) is 9.97. The molecule has 0 spiro atoms. The smallest absolute Gasteiger partial charge is 0.0856 e. The summed E-state index contributed by atoms with van der Waals surface area (Å²) >= 11 is 7.15. The quantitative estimate of drug-likeness (QED) is 0.776. The third-order valence-corrected chi connectivity index (χ3v) is 5.23. The van der Waals surface area contributed by atoms with Gasteiger partial charge in [-0.05, 0) is 47.8 Å². The van der Waals surface area contributed by atoms with Gasteiger partial charge < -0.3 is 5.11 Å². The second-order valence-electron chi connectivity index (χ2n) is 5.12. The molecule has 114 valence electrons. The number of hydrogen-bond acceptors (Lipinski definition) is 2. The average Bonchev–Trinajstić information content (AvgIpc) is 2.77. The average molecular weight is 416 g/mol. The van der Waals surface area contributed by atoms with Gasteiger partial charge in [-0.15, -0.1) is 0 Å². The van der Waals surface area contributed by atoms with Gasteiger partial charge in [-0.25, -0.2) is 0 Å². The summed E-state index contributed by atoms with van der Waals surface area (Å²) in [4.78, 5) is 0. The summed E-state index contributed by atoms with van der Waals surface area (Å²) in [5.74, 6) is 0. The molecule has 5 heteroatoms. The zero-order valence-corrected chi connectivity index (χ0v) is 15.7. The molecule has 2 aromatic rings. The Kier molecular flexibility index (Phi) is 5.63. The normalized spacial score (nSPS) is 12.7. The number of rotatable bonds is 5. The second kappa shape index (κ2) is 7.07. The molecule has 0 saturated carbocycles. The molecule has 0 aliphatic heterocycles. The van der Waals surface area contributed by atoms with Gasteiger partial charge in [-0.1, -0.05) is 40.5 Å². The SMILES string of the molecule is CCc1nn(CC)c(CC(O)c2cc(C)ccc2Br)c1Br. The Hall–Kier alpha value is -0.650. The largest absolute Gasteiger partial charge is 0.388 e. The molecule has 1 N–H and O–H groups in total. The van der Waals surface area contributed by atoms with Crippen LogP contribution in [0.2, 0.25) is 0 Å². The number of halogens is 2. The van der Waals surface area contributed by atoms with E-state index in [1.54, 1.807) is 0 Å².